The van der Waals surface area contributed by atoms with Gasteiger partial charge in [-0.1, -0.05) is 0 Å². The highest BCUT2D eigenvalue weighted by molar-refractivity contribution is 7.99. The Bertz CT molecular complexity index is 643. The molecule has 0 fully saturated rings. The van der Waals surface area contributed by atoms with Crippen molar-refractivity contribution in [1.82, 2.24) is 4.98 Å². The largest absolute Gasteiger partial charge is 0.369 e. The smallest absolute Gasteiger partial charge is 0.257 e. The van der Waals surface area contributed by atoms with Gasteiger partial charge < -0.3 is 5.73 Å². The van der Waals surface area contributed by atoms with Crippen molar-refractivity contribution in [3.8, 4) is 0 Å². The summed E-state index contributed by atoms with van der Waals surface area (Å²) in [6.45, 7) is 0. The zero-order valence-corrected chi connectivity index (χ0v) is 12.5. The first-order valence-electron chi connectivity index (χ1n) is 5.92. The lowest BCUT2D eigenvalue weighted by Gasteiger charge is -2.01. The second-order valence-electron chi connectivity index (χ2n) is 4.06. The van der Waals surface area contributed by atoms with Gasteiger partial charge >= 0.3 is 0 Å². The maximum atomic E-state index is 12.8. The molecule has 21 heavy (non-hydrogen) atoms. The van der Waals surface area contributed by atoms with Gasteiger partial charge in [0.05, 0.1) is 11.4 Å². The van der Waals surface area contributed by atoms with Crippen LogP contribution < -0.4 is 11.1 Å². The highest BCUT2D eigenvalue weighted by atomic mass is 32.2. The molecule has 1 heterocycles. The Hall–Kier alpha value is -1.93. The number of amides is 2. The topological polar surface area (TPSA) is 85.1 Å². The van der Waals surface area contributed by atoms with Crippen LogP contribution in [-0.2, 0) is 10.5 Å². The van der Waals surface area contributed by atoms with E-state index in [-0.39, 0.29) is 17.6 Å². The van der Waals surface area contributed by atoms with E-state index in [9.17, 15) is 14.0 Å². The number of benzene rings is 1. The highest BCUT2D eigenvalue weighted by Crippen LogP contribution is 2.20. The van der Waals surface area contributed by atoms with E-state index in [1.807, 2.05) is 0 Å². The second-order valence-corrected chi connectivity index (χ2v) is 5.91. The van der Waals surface area contributed by atoms with E-state index >= 15 is 0 Å². The molecule has 0 atom stereocenters. The van der Waals surface area contributed by atoms with Crippen LogP contribution in [0.2, 0.25) is 0 Å². The van der Waals surface area contributed by atoms with Crippen molar-refractivity contribution in [1.29, 1.82) is 0 Å². The zero-order chi connectivity index (χ0) is 15.2. The van der Waals surface area contributed by atoms with Gasteiger partial charge in [0.2, 0.25) is 5.91 Å². The summed E-state index contributed by atoms with van der Waals surface area (Å²) in [5.41, 5.74) is 6.16. The molecule has 0 spiro atoms. The summed E-state index contributed by atoms with van der Waals surface area (Å²) >= 11 is 2.65. The molecule has 2 aromatic rings. The number of carbonyl (C=O) groups is 2. The van der Waals surface area contributed by atoms with Crippen LogP contribution in [0.15, 0.2) is 29.6 Å². The molecule has 0 aliphatic heterocycles. The first-order chi connectivity index (χ1) is 10.0. The van der Waals surface area contributed by atoms with Gasteiger partial charge in [0.25, 0.3) is 5.91 Å². The van der Waals surface area contributed by atoms with Gasteiger partial charge in [-0.3, -0.25) is 14.9 Å². The van der Waals surface area contributed by atoms with Gasteiger partial charge in [-0.25, -0.2) is 9.37 Å². The minimum absolute atomic E-state index is 0.231. The number of nitrogens with zero attached hydrogens (tertiary/aromatic N) is 1. The van der Waals surface area contributed by atoms with Crippen molar-refractivity contribution < 1.29 is 14.0 Å². The van der Waals surface area contributed by atoms with Crippen LogP contribution >= 0.6 is 23.1 Å². The number of nitrogens with one attached hydrogen (secondary N) is 1. The molecule has 1 aromatic carbocycles. The molecule has 0 bridgehead atoms. The fraction of sp³-hybridized carbons (Fsp3) is 0.154. The average molecular weight is 325 g/mol. The van der Waals surface area contributed by atoms with E-state index in [0.717, 1.165) is 5.69 Å². The van der Waals surface area contributed by atoms with E-state index in [0.29, 0.717) is 16.4 Å². The van der Waals surface area contributed by atoms with Gasteiger partial charge in [0, 0.05) is 16.7 Å². The molecule has 0 saturated carbocycles. The predicted octanol–water partition coefficient (Wildman–Crippen LogP) is 2.25. The minimum atomic E-state index is -0.394. The number of aromatic nitrogens is 1. The molecule has 2 rings (SSSR count). The minimum Gasteiger partial charge on any atom is -0.369 e. The summed E-state index contributed by atoms with van der Waals surface area (Å²) < 4.78 is 12.8. The maximum absolute atomic E-state index is 12.8. The molecular formula is C13H12FN3O2S2. The van der Waals surface area contributed by atoms with E-state index in [4.69, 9.17) is 5.73 Å². The standard InChI is InChI=1S/C13H12FN3O2S2/c14-9-3-1-8(2-4-9)12(19)17-13-16-10(6-21-13)5-20-7-11(15)18/h1-4,6H,5,7H2,(H2,15,18)(H,16,17,19). The van der Waals surface area contributed by atoms with Gasteiger partial charge in [0.1, 0.15) is 5.82 Å². The molecule has 0 radical (unpaired) electrons. The third-order valence-electron chi connectivity index (χ3n) is 2.37. The SMILES string of the molecule is NC(=O)CSCc1csc(NC(=O)c2ccc(F)cc2)n1. The fourth-order valence-corrected chi connectivity index (χ4v) is 2.93. The number of anilines is 1. The number of thioether (sulfide) groups is 1. The molecular weight excluding hydrogens is 313 g/mol. The maximum Gasteiger partial charge on any atom is 0.257 e. The zero-order valence-electron chi connectivity index (χ0n) is 10.8. The molecule has 110 valence electrons. The van der Waals surface area contributed by atoms with Crippen molar-refractivity contribution in [2.24, 2.45) is 5.73 Å². The first-order valence-corrected chi connectivity index (χ1v) is 7.95. The third kappa shape index (κ3) is 4.83. The number of hydrogen-bond acceptors (Lipinski definition) is 5. The summed E-state index contributed by atoms with van der Waals surface area (Å²) in [7, 11) is 0. The quantitative estimate of drug-likeness (QED) is 0.853. The summed E-state index contributed by atoms with van der Waals surface area (Å²) in [6.07, 6.45) is 0. The molecule has 3 N–H and O–H groups in total. The van der Waals surface area contributed by atoms with Crippen LogP contribution in [0.1, 0.15) is 16.1 Å². The van der Waals surface area contributed by atoms with E-state index in [1.54, 1.807) is 5.38 Å². The number of nitrogens with two attached hydrogens (primary N) is 1. The Morgan fingerprint density at radius 3 is 2.71 bits per heavy atom. The molecule has 1 aromatic heterocycles. The monoisotopic (exact) mass is 325 g/mol. The van der Waals surface area contributed by atoms with Crippen molar-refractivity contribution in [3.05, 3.63) is 46.7 Å². The lowest BCUT2D eigenvalue weighted by Crippen LogP contribution is -2.13. The number of primary amides is 1. The van der Waals surface area contributed by atoms with Crippen LogP contribution in [0, 0.1) is 5.82 Å². The van der Waals surface area contributed by atoms with Gasteiger partial charge in [-0.15, -0.1) is 23.1 Å². The number of halogens is 1. The van der Waals surface area contributed by atoms with Crippen molar-refractivity contribution in [3.63, 3.8) is 0 Å². The van der Waals surface area contributed by atoms with Gasteiger partial charge in [-0.05, 0) is 24.3 Å². The van der Waals surface area contributed by atoms with Crippen molar-refractivity contribution >= 4 is 40.0 Å². The van der Waals surface area contributed by atoms with Gasteiger partial charge in [-0.2, -0.15) is 0 Å². The van der Waals surface area contributed by atoms with Crippen LogP contribution in [0.5, 0.6) is 0 Å². The van der Waals surface area contributed by atoms with E-state index in [2.05, 4.69) is 10.3 Å². The average Bonchev–Trinajstić information content (AvgIpc) is 2.86. The van der Waals surface area contributed by atoms with Gasteiger partial charge in [0.15, 0.2) is 5.13 Å². The molecule has 0 saturated heterocycles. The second kappa shape index (κ2) is 7.19. The number of carbonyl (C=O) groups excluding carboxylic acids is 2. The number of hydrogen-bond donors (Lipinski definition) is 2. The normalized spacial score (nSPS) is 10.3. The van der Waals surface area contributed by atoms with E-state index in [1.165, 1.54) is 47.4 Å². The van der Waals surface area contributed by atoms with Crippen molar-refractivity contribution in [2.75, 3.05) is 11.1 Å². The number of thiazole rings is 1. The Balaban J connectivity index is 1.91. The van der Waals surface area contributed by atoms with Crippen molar-refractivity contribution in [2.45, 2.75) is 5.75 Å². The molecule has 0 aliphatic carbocycles. The molecule has 2 amide bonds. The van der Waals surface area contributed by atoms with Crippen LogP contribution in [-0.4, -0.2) is 22.6 Å². The lowest BCUT2D eigenvalue weighted by molar-refractivity contribution is -0.115. The lowest BCUT2D eigenvalue weighted by atomic mass is 10.2. The molecule has 8 heteroatoms. The summed E-state index contributed by atoms with van der Waals surface area (Å²) in [4.78, 5) is 26.8. The summed E-state index contributed by atoms with van der Waals surface area (Å²) in [5, 5.41) is 4.90. The third-order valence-corrected chi connectivity index (χ3v) is 4.17. The Labute approximate surface area is 128 Å². The van der Waals surface area contributed by atoms with E-state index < -0.39 is 5.82 Å². The molecule has 0 aliphatic rings. The Morgan fingerprint density at radius 1 is 1.33 bits per heavy atom. The summed E-state index contributed by atoms with van der Waals surface area (Å²) in [5.74, 6) is -0.337. The first kappa shape index (κ1) is 15.5. The molecule has 0 unspecified atom stereocenters. The van der Waals surface area contributed by atoms with Crippen LogP contribution in [0.4, 0.5) is 9.52 Å². The fourth-order valence-electron chi connectivity index (χ4n) is 1.46. The molecule has 5 nitrogen and oxygen atoms in total. The highest BCUT2D eigenvalue weighted by Gasteiger charge is 2.09. The van der Waals surface area contributed by atoms with Crippen LogP contribution in [0.25, 0.3) is 0 Å². The predicted molar refractivity (Wildman–Crippen MR) is 81.8 cm³/mol. The summed E-state index contributed by atoms with van der Waals surface area (Å²) in [6, 6.07) is 5.26. The Kier molecular flexibility index (Phi) is 5.29. The Morgan fingerprint density at radius 2 is 2.05 bits per heavy atom. The van der Waals surface area contributed by atoms with Crippen LogP contribution in [0.3, 0.4) is 0 Å². The number of rotatable bonds is 6.